The fraction of sp³-hybridized carbons (Fsp3) is 0.353. The molecule has 1 aliphatic heterocycles. The van der Waals surface area contributed by atoms with Crippen molar-refractivity contribution >= 4 is 17.2 Å². The van der Waals surface area contributed by atoms with Crippen LogP contribution in [-0.4, -0.2) is 30.4 Å². The maximum absolute atomic E-state index is 12.5. The zero-order valence-electron chi connectivity index (χ0n) is 12.2. The van der Waals surface area contributed by atoms with Crippen LogP contribution >= 0.6 is 11.3 Å². The Hall–Kier alpha value is -1.65. The van der Waals surface area contributed by atoms with Gasteiger partial charge in [0.15, 0.2) is 0 Å². The number of nitrogens with one attached hydrogen (secondary N) is 1. The minimum Gasteiger partial charge on any atom is -0.344 e. The van der Waals surface area contributed by atoms with Gasteiger partial charge in [-0.15, -0.1) is 11.3 Å². The van der Waals surface area contributed by atoms with Crippen molar-refractivity contribution in [3.63, 3.8) is 0 Å². The van der Waals surface area contributed by atoms with E-state index in [0.717, 1.165) is 25.9 Å². The summed E-state index contributed by atoms with van der Waals surface area (Å²) in [4.78, 5) is 15.7. The molecule has 0 saturated carbocycles. The van der Waals surface area contributed by atoms with Gasteiger partial charge in [-0.05, 0) is 35.4 Å². The van der Waals surface area contributed by atoms with Gasteiger partial charge in [-0.25, -0.2) is 0 Å². The second-order valence-electron chi connectivity index (χ2n) is 5.50. The van der Waals surface area contributed by atoms with Gasteiger partial charge in [-0.3, -0.25) is 4.79 Å². The average molecular weight is 300 g/mol. The fourth-order valence-electron chi connectivity index (χ4n) is 2.74. The summed E-state index contributed by atoms with van der Waals surface area (Å²) in [6.45, 7) is 1.56. The van der Waals surface area contributed by atoms with Crippen LogP contribution in [0.1, 0.15) is 16.0 Å². The van der Waals surface area contributed by atoms with Gasteiger partial charge in [0.25, 0.3) is 0 Å². The van der Waals surface area contributed by atoms with Gasteiger partial charge < -0.3 is 10.2 Å². The van der Waals surface area contributed by atoms with Crippen LogP contribution in [0, 0.1) is 0 Å². The quantitative estimate of drug-likeness (QED) is 0.941. The number of hydrogen-bond donors (Lipinski definition) is 1. The molecule has 3 rings (SSSR count). The molecule has 0 radical (unpaired) electrons. The number of nitrogens with zero attached hydrogens (tertiary/aromatic N) is 1. The molecule has 3 nitrogen and oxygen atoms in total. The Bertz CT molecular complexity index is 609. The Balaban J connectivity index is 1.58. The highest BCUT2D eigenvalue weighted by molar-refractivity contribution is 7.09. The maximum atomic E-state index is 12.5. The topological polar surface area (TPSA) is 32.3 Å². The molecule has 110 valence electrons. The molecule has 1 aromatic carbocycles. The van der Waals surface area contributed by atoms with Crippen molar-refractivity contribution in [2.45, 2.75) is 25.4 Å². The fourth-order valence-corrected chi connectivity index (χ4v) is 3.44. The first-order chi connectivity index (χ1) is 10.2. The van der Waals surface area contributed by atoms with Gasteiger partial charge >= 0.3 is 0 Å². The lowest BCUT2D eigenvalue weighted by atomic mass is 9.95. The first-order valence-corrected chi connectivity index (χ1v) is 8.19. The second kappa shape index (κ2) is 6.41. The summed E-state index contributed by atoms with van der Waals surface area (Å²) in [5.41, 5.74) is 2.60. The molecule has 1 atom stereocenters. The molecule has 1 aromatic heterocycles. The molecule has 0 fully saturated rings. The van der Waals surface area contributed by atoms with Crippen molar-refractivity contribution < 1.29 is 4.79 Å². The zero-order valence-corrected chi connectivity index (χ0v) is 13.0. The zero-order chi connectivity index (χ0) is 14.7. The molecule has 4 heteroatoms. The number of amides is 1. The first-order valence-electron chi connectivity index (χ1n) is 7.31. The van der Waals surface area contributed by atoms with E-state index in [9.17, 15) is 4.79 Å². The number of thiophene rings is 1. The van der Waals surface area contributed by atoms with E-state index in [1.54, 1.807) is 11.3 Å². The van der Waals surface area contributed by atoms with Gasteiger partial charge in [0.05, 0.1) is 6.04 Å². The molecule has 2 aromatic rings. The van der Waals surface area contributed by atoms with E-state index in [1.165, 1.54) is 16.0 Å². The highest BCUT2D eigenvalue weighted by atomic mass is 32.1. The van der Waals surface area contributed by atoms with E-state index >= 15 is 0 Å². The highest BCUT2D eigenvalue weighted by Crippen LogP contribution is 2.17. The van der Waals surface area contributed by atoms with Crippen LogP contribution in [0.15, 0.2) is 41.8 Å². The molecule has 0 saturated heterocycles. The molecular formula is C17H20N2OS. The Labute approximate surface area is 129 Å². The van der Waals surface area contributed by atoms with Gasteiger partial charge in [-0.2, -0.15) is 0 Å². The first kappa shape index (κ1) is 14.3. The monoisotopic (exact) mass is 300 g/mol. The Kier molecular flexibility index (Phi) is 4.36. The average Bonchev–Trinajstić information content (AvgIpc) is 3.05. The molecule has 0 unspecified atom stereocenters. The summed E-state index contributed by atoms with van der Waals surface area (Å²) < 4.78 is 0. The molecule has 1 aliphatic rings. The molecule has 1 N–H and O–H groups in total. The minimum absolute atomic E-state index is 0.0896. The number of carbonyl (C=O) groups excluding carboxylic acids is 1. The third-order valence-corrected chi connectivity index (χ3v) is 4.97. The Morgan fingerprint density at radius 2 is 2.10 bits per heavy atom. The normalized spacial score (nSPS) is 17.3. The lowest BCUT2D eigenvalue weighted by Gasteiger charge is -2.29. The molecule has 21 heavy (non-hydrogen) atoms. The number of likely N-dealkylation sites (N-methyl/N-ethyl adjacent to an activating group) is 1. The second-order valence-corrected chi connectivity index (χ2v) is 6.53. The largest absolute Gasteiger partial charge is 0.344 e. The number of benzene rings is 1. The third kappa shape index (κ3) is 3.34. The Morgan fingerprint density at radius 1 is 1.29 bits per heavy atom. The molecule has 0 bridgehead atoms. The Morgan fingerprint density at radius 3 is 2.86 bits per heavy atom. The van der Waals surface area contributed by atoms with E-state index in [1.807, 2.05) is 18.0 Å². The van der Waals surface area contributed by atoms with Crippen molar-refractivity contribution in [1.29, 1.82) is 0 Å². The molecule has 0 aliphatic carbocycles. The number of carbonyl (C=O) groups is 1. The van der Waals surface area contributed by atoms with Crippen LogP contribution < -0.4 is 5.32 Å². The van der Waals surface area contributed by atoms with Crippen LogP contribution in [0.3, 0.4) is 0 Å². The SMILES string of the molecule is CN(CCc1cccs1)C(=O)[C@H]1Cc2ccccc2CN1. The summed E-state index contributed by atoms with van der Waals surface area (Å²) in [7, 11) is 1.90. The number of rotatable bonds is 4. The van der Waals surface area contributed by atoms with Gasteiger partial charge in [0.1, 0.15) is 0 Å². The molecular weight excluding hydrogens is 280 g/mol. The maximum Gasteiger partial charge on any atom is 0.239 e. The number of fused-ring (bicyclic) bond motifs is 1. The van der Waals surface area contributed by atoms with E-state index < -0.39 is 0 Å². The minimum atomic E-state index is -0.0896. The van der Waals surface area contributed by atoms with Crippen LogP contribution in [0.25, 0.3) is 0 Å². The van der Waals surface area contributed by atoms with Crippen LogP contribution in [-0.2, 0) is 24.2 Å². The van der Waals surface area contributed by atoms with Gasteiger partial charge in [-0.1, -0.05) is 30.3 Å². The van der Waals surface area contributed by atoms with Crippen LogP contribution in [0.2, 0.25) is 0 Å². The standard InChI is InChI=1S/C17H20N2OS/c1-19(9-8-15-7-4-10-21-15)17(20)16-11-13-5-2-3-6-14(13)12-18-16/h2-7,10,16,18H,8-9,11-12H2,1H3/t16-/m1/s1. The molecule has 0 spiro atoms. The molecule has 2 heterocycles. The molecule has 1 amide bonds. The van der Waals surface area contributed by atoms with E-state index in [0.29, 0.717) is 0 Å². The van der Waals surface area contributed by atoms with E-state index in [4.69, 9.17) is 0 Å². The number of hydrogen-bond acceptors (Lipinski definition) is 3. The van der Waals surface area contributed by atoms with Crippen LogP contribution in [0.4, 0.5) is 0 Å². The van der Waals surface area contributed by atoms with E-state index in [2.05, 4.69) is 41.0 Å². The summed E-state index contributed by atoms with van der Waals surface area (Å²) in [5, 5.41) is 5.44. The summed E-state index contributed by atoms with van der Waals surface area (Å²) in [6, 6.07) is 12.4. The van der Waals surface area contributed by atoms with Gasteiger partial charge in [0, 0.05) is 25.0 Å². The lowest BCUT2D eigenvalue weighted by Crippen LogP contribution is -2.48. The van der Waals surface area contributed by atoms with Gasteiger partial charge in [0.2, 0.25) is 5.91 Å². The smallest absolute Gasteiger partial charge is 0.239 e. The van der Waals surface area contributed by atoms with Crippen LogP contribution in [0.5, 0.6) is 0 Å². The van der Waals surface area contributed by atoms with E-state index in [-0.39, 0.29) is 11.9 Å². The summed E-state index contributed by atoms with van der Waals surface area (Å²) in [5.74, 6) is 0.195. The van der Waals surface area contributed by atoms with Crippen molar-refractivity contribution in [2.24, 2.45) is 0 Å². The van der Waals surface area contributed by atoms with Crippen molar-refractivity contribution in [1.82, 2.24) is 10.2 Å². The summed E-state index contributed by atoms with van der Waals surface area (Å²) >= 11 is 1.75. The lowest BCUT2D eigenvalue weighted by molar-refractivity contribution is -0.132. The predicted octanol–water partition coefficient (Wildman–Crippen LogP) is 2.46. The summed E-state index contributed by atoms with van der Waals surface area (Å²) in [6.07, 6.45) is 1.72. The third-order valence-electron chi connectivity index (χ3n) is 4.03. The van der Waals surface area contributed by atoms with Crippen molar-refractivity contribution in [3.05, 3.63) is 57.8 Å². The highest BCUT2D eigenvalue weighted by Gasteiger charge is 2.26. The van der Waals surface area contributed by atoms with Crippen molar-refractivity contribution in [2.75, 3.05) is 13.6 Å². The van der Waals surface area contributed by atoms with Crippen molar-refractivity contribution in [3.8, 4) is 0 Å². The predicted molar refractivity (Wildman–Crippen MR) is 86.4 cm³/mol.